The zero-order valence-electron chi connectivity index (χ0n) is 18.4. The highest BCUT2D eigenvalue weighted by Crippen LogP contribution is 2.43. The zero-order valence-corrected chi connectivity index (χ0v) is 18.4. The van der Waals surface area contributed by atoms with Crippen LogP contribution in [0.4, 0.5) is 5.95 Å². The van der Waals surface area contributed by atoms with Gasteiger partial charge in [0.15, 0.2) is 23.0 Å². The van der Waals surface area contributed by atoms with Crippen molar-refractivity contribution >= 4 is 28.7 Å². The Kier molecular flexibility index (Phi) is 5.61. The summed E-state index contributed by atoms with van der Waals surface area (Å²) < 4.78 is 10.7. The molecule has 8 heteroatoms. The summed E-state index contributed by atoms with van der Waals surface area (Å²) in [6, 6.07) is 11.6. The number of rotatable bonds is 7. The average Bonchev–Trinajstić information content (AvgIpc) is 3.31. The standard InChI is InChI=1S/C24H25N3O5/c1-13(2)11-17(28)20-21(14-9-10-18(31-3)19(12-14)32-4)27(23(30)22(20)29)24-25-15-7-5-6-8-16(15)26-24/h5-10,12-13,21,29H,11H2,1-4H3,(H,25,26). The summed E-state index contributed by atoms with van der Waals surface area (Å²) in [4.78, 5) is 35.3. The number of para-hydroxylation sites is 2. The Labute approximate surface area is 185 Å². The van der Waals surface area contributed by atoms with Gasteiger partial charge < -0.3 is 19.6 Å². The first-order valence-corrected chi connectivity index (χ1v) is 10.3. The Morgan fingerprint density at radius 1 is 1.16 bits per heavy atom. The molecule has 3 aromatic rings. The van der Waals surface area contributed by atoms with E-state index in [0.29, 0.717) is 22.6 Å². The van der Waals surface area contributed by atoms with E-state index < -0.39 is 17.7 Å². The molecular formula is C24H25N3O5. The second-order valence-electron chi connectivity index (χ2n) is 8.05. The van der Waals surface area contributed by atoms with Crippen molar-refractivity contribution in [3.63, 3.8) is 0 Å². The largest absolute Gasteiger partial charge is 0.503 e. The molecule has 1 aromatic heterocycles. The van der Waals surface area contributed by atoms with Crippen LogP contribution in [0.25, 0.3) is 11.0 Å². The number of aromatic amines is 1. The quantitative estimate of drug-likeness (QED) is 0.579. The number of methoxy groups -OCH3 is 2. The Morgan fingerprint density at radius 2 is 1.88 bits per heavy atom. The topological polar surface area (TPSA) is 105 Å². The molecular weight excluding hydrogens is 410 g/mol. The molecule has 0 spiro atoms. The van der Waals surface area contributed by atoms with Gasteiger partial charge in [0, 0.05) is 6.42 Å². The van der Waals surface area contributed by atoms with Gasteiger partial charge in [-0.3, -0.25) is 14.5 Å². The lowest BCUT2D eigenvalue weighted by Gasteiger charge is -2.25. The monoisotopic (exact) mass is 435 g/mol. The van der Waals surface area contributed by atoms with Crippen LogP contribution in [-0.4, -0.2) is 41.0 Å². The van der Waals surface area contributed by atoms with Gasteiger partial charge in [-0.1, -0.05) is 32.0 Å². The molecule has 1 atom stereocenters. The predicted octanol–water partition coefficient (Wildman–Crippen LogP) is 4.10. The van der Waals surface area contributed by atoms with E-state index in [1.54, 1.807) is 18.2 Å². The Bertz CT molecular complexity index is 1190. The van der Waals surface area contributed by atoms with Gasteiger partial charge in [0.2, 0.25) is 5.95 Å². The summed E-state index contributed by atoms with van der Waals surface area (Å²) in [5.74, 6) is -0.265. The molecule has 0 saturated heterocycles. The molecule has 0 saturated carbocycles. The van der Waals surface area contributed by atoms with Crippen LogP contribution in [0, 0.1) is 5.92 Å². The number of aliphatic hydroxyl groups is 1. The van der Waals surface area contributed by atoms with E-state index in [9.17, 15) is 14.7 Å². The smallest absolute Gasteiger partial charge is 0.296 e. The van der Waals surface area contributed by atoms with Crippen LogP contribution < -0.4 is 14.4 Å². The maximum absolute atomic E-state index is 13.2. The number of carbonyl (C=O) groups excluding carboxylic acids is 2. The normalized spacial score (nSPS) is 16.3. The summed E-state index contributed by atoms with van der Waals surface area (Å²) in [5.41, 5.74) is 2.05. The van der Waals surface area contributed by atoms with Crippen LogP contribution in [0.1, 0.15) is 31.9 Å². The Hall–Kier alpha value is -3.81. The number of hydrogen-bond acceptors (Lipinski definition) is 6. The number of aromatic nitrogens is 2. The molecule has 1 amide bonds. The minimum absolute atomic E-state index is 0.0522. The lowest BCUT2D eigenvalue weighted by atomic mass is 9.92. The zero-order chi connectivity index (χ0) is 23.0. The highest BCUT2D eigenvalue weighted by Gasteiger charge is 2.45. The van der Waals surface area contributed by atoms with Gasteiger partial charge in [0.05, 0.1) is 36.9 Å². The van der Waals surface area contributed by atoms with Crippen LogP contribution in [0.5, 0.6) is 11.5 Å². The average molecular weight is 435 g/mol. The summed E-state index contributed by atoms with van der Waals surface area (Å²) >= 11 is 0. The van der Waals surface area contributed by atoms with Gasteiger partial charge in [-0.05, 0) is 35.7 Å². The van der Waals surface area contributed by atoms with E-state index in [1.165, 1.54) is 19.1 Å². The van der Waals surface area contributed by atoms with Crippen molar-refractivity contribution < 1.29 is 24.2 Å². The third-order valence-electron chi connectivity index (χ3n) is 5.43. The Balaban J connectivity index is 1.89. The first kappa shape index (κ1) is 21.4. The van der Waals surface area contributed by atoms with Gasteiger partial charge in [-0.2, -0.15) is 0 Å². The number of hydrogen-bond donors (Lipinski definition) is 2. The lowest BCUT2D eigenvalue weighted by Crippen LogP contribution is -2.32. The van der Waals surface area contributed by atoms with E-state index in [-0.39, 0.29) is 29.6 Å². The molecule has 4 rings (SSSR count). The highest BCUT2D eigenvalue weighted by molar-refractivity contribution is 6.16. The number of nitrogens with one attached hydrogen (secondary N) is 1. The number of nitrogens with zero attached hydrogens (tertiary/aromatic N) is 2. The summed E-state index contributed by atoms with van der Waals surface area (Å²) in [5, 5.41) is 10.8. The summed E-state index contributed by atoms with van der Waals surface area (Å²) in [6.45, 7) is 3.82. The first-order valence-electron chi connectivity index (χ1n) is 10.3. The number of carbonyl (C=O) groups is 2. The van der Waals surface area contributed by atoms with Crippen molar-refractivity contribution in [2.45, 2.75) is 26.3 Å². The molecule has 8 nitrogen and oxygen atoms in total. The minimum atomic E-state index is -0.867. The van der Waals surface area contributed by atoms with Crippen LogP contribution >= 0.6 is 0 Å². The van der Waals surface area contributed by atoms with Gasteiger partial charge in [-0.15, -0.1) is 0 Å². The minimum Gasteiger partial charge on any atom is -0.503 e. The fourth-order valence-electron chi connectivity index (χ4n) is 3.98. The Morgan fingerprint density at radius 3 is 2.53 bits per heavy atom. The van der Waals surface area contributed by atoms with Crippen LogP contribution in [-0.2, 0) is 9.59 Å². The molecule has 2 N–H and O–H groups in total. The summed E-state index contributed by atoms with van der Waals surface area (Å²) in [7, 11) is 3.04. The van der Waals surface area contributed by atoms with E-state index >= 15 is 0 Å². The molecule has 0 radical (unpaired) electrons. The van der Waals surface area contributed by atoms with Gasteiger partial charge in [-0.25, -0.2) is 4.98 Å². The second kappa shape index (κ2) is 8.37. The summed E-state index contributed by atoms with van der Waals surface area (Å²) in [6.07, 6.45) is 0.199. The SMILES string of the molecule is COc1ccc(C2C(C(=O)CC(C)C)=C(O)C(=O)N2c2nc3ccccc3[nH]2)cc1OC. The number of benzene rings is 2. The van der Waals surface area contributed by atoms with Crippen molar-refractivity contribution in [2.75, 3.05) is 19.1 Å². The van der Waals surface area contributed by atoms with Gasteiger partial charge >= 0.3 is 0 Å². The first-order chi connectivity index (χ1) is 15.3. The molecule has 1 aliphatic heterocycles. The highest BCUT2D eigenvalue weighted by atomic mass is 16.5. The van der Waals surface area contributed by atoms with E-state index in [1.807, 2.05) is 38.1 Å². The maximum atomic E-state index is 13.2. The third-order valence-corrected chi connectivity index (χ3v) is 5.43. The molecule has 166 valence electrons. The van der Waals surface area contributed by atoms with Crippen molar-refractivity contribution in [1.29, 1.82) is 0 Å². The number of fused-ring (bicyclic) bond motifs is 1. The number of aliphatic hydroxyl groups excluding tert-OH is 1. The van der Waals surface area contributed by atoms with E-state index in [4.69, 9.17) is 9.47 Å². The number of Topliss-reactive ketones (excluding diaryl/α,β-unsaturated/α-hetero) is 1. The molecule has 0 bridgehead atoms. The van der Waals surface area contributed by atoms with Gasteiger partial charge in [0.1, 0.15) is 0 Å². The third kappa shape index (κ3) is 3.57. The number of amides is 1. The van der Waals surface area contributed by atoms with Crippen LogP contribution in [0.15, 0.2) is 53.8 Å². The van der Waals surface area contributed by atoms with Crippen molar-refractivity contribution in [1.82, 2.24) is 9.97 Å². The fraction of sp³-hybridized carbons (Fsp3) is 0.292. The number of ether oxygens (including phenoxy) is 2. The second-order valence-corrected chi connectivity index (χ2v) is 8.05. The number of anilines is 1. The molecule has 2 heterocycles. The fourth-order valence-corrected chi connectivity index (χ4v) is 3.98. The maximum Gasteiger partial charge on any atom is 0.296 e. The van der Waals surface area contributed by atoms with E-state index in [0.717, 1.165) is 5.52 Å². The molecule has 1 unspecified atom stereocenters. The van der Waals surface area contributed by atoms with Crippen LogP contribution in [0.2, 0.25) is 0 Å². The lowest BCUT2D eigenvalue weighted by molar-refractivity contribution is -0.118. The van der Waals surface area contributed by atoms with Crippen molar-refractivity contribution in [2.24, 2.45) is 5.92 Å². The van der Waals surface area contributed by atoms with Crippen LogP contribution in [0.3, 0.4) is 0 Å². The molecule has 0 fully saturated rings. The molecule has 1 aliphatic rings. The van der Waals surface area contributed by atoms with Gasteiger partial charge in [0.25, 0.3) is 5.91 Å². The predicted molar refractivity (Wildman–Crippen MR) is 120 cm³/mol. The molecule has 0 aliphatic carbocycles. The van der Waals surface area contributed by atoms with Crippen molar-refractivity contribution in [3.05, 3.63) is 59.4 Å². The number of imidazole rings is 1. The number of ketones is 1. The number of H-pyrrole nitrogens is 1. The van der Waals surface area contributed by atoms with Crippen molar-refractivity contribution in [3.8, 4) is 11.5 Å². The molecule has 2 aromatic carbocycles. The molecule has 32 heavy (non-hydrogen) atoms. The van der Waals surface area contributed by atoms with E-state index in [2.05, 4.69) is 9.97 Å².